The number of primary amides is 1. The maximum atomic E-state index is 15.2. The van der Waals surface area contributed by atoms with Gasteiger partial charge in [-0.2, -0.15) is 13.2 Å². The van der Waals surface area contributed by atoms with Crippen LogP contribution in [0.15, 0.2) is 48.5 Å². The van der Waals surface area contributed by atoms with Crippen LogP contribution in [0.25, 0.3) is 10.9 Å². The largest absolute Gasteiger partial charge is 0.416 e. The third-order valence-corrected chi connectivity index (χ3v) is 7.65. The molecule has 11 heteroatoms. The molecule has 40 heavy (non-hydrogen) atoms. The number of hydrogen-bond acceptors (Lipinski definition) is 3. The molecule has 2 aromatic carbocycles. The first kappa shape index (κ1) is 27.2. The van der Waals surface area contributed by atoms with E-state index in [0.717, 1.165) is 24.3 Å². The number of halogens is 4. The molecular formula is C29H26F4N4O3. The number of anilines is 1. The molecular weight excluding hydrogens is 528 g/mol. The van der Waals surface area contributed by atoms with Gasteiger partial charge in [-0.1, -0.05) is 24.1 Å². The summed E-state index contributed by atoms with van der Waals surface area (Å²) in [6, 6.07) is 8.75. The van der Waals surface area contributed by atoms with Crippen molar-refractivity contribution in [3.05, 3.63) is 65.4 Å². The fraction of sp³-hybridized carbons (Fsp3) is 0.345. The third-order valence-electron chi connectivity index (χ3n) is 7.65. The molecule has 0 radical (unpaired) electrons. The van der Waals surface area contributed by atoms with E-state index in [1.807, 2.05) is 0 Å². The molecule has 7 nitrogen and oxygen atoms in total. The Hall–Kier alpha value is -4.33. The molecule has 0 bridgehead atoms. The van der Waals surface area contributed by atoms with E-state index in [0.29, 0.717) is 11.3 Å². The molecule has 3 N–H and O–H groups in total. The molecule has 3 atom stereocenters. The number of alkyl halides is 4. The van der Waals surface area contributed by atoms with Crippen molar-refractivity contribution in [3.8, 4) is 12.3 Å². The number of hydrogen-bond donors (Lipinski definition) is 2. The molecule has 1 saturated heterocycles. The molecule has 1 fully saturated rings. The van der Waals surface area contributed by atoms with Crippen molar-refractivity contribution in [1.82, 2.24) is 9.47 Å². The minimum Gasteiger partial charge on any atom is -0.364 e. The van der Waals surface area contributed by atoms with Crippen molar-refractivity contribution < 1.29 is 31.9 Å². The van der Waals surface area contributed by atoms with E-state index >= 15 is 4.39 Å². The molecule has 1 spiro atoms. The van der Waals surface area contributed by atoms with Crippen LogP contribution in [0, 0.1) is 12.3 Å². The lowest BCUT2D eigenvalue weighted by atomic mass is 9.79. The van der Waals surface area contributed by atoms with Crippen LogP contribution in [0.1, 0.15) is 54.3 Å². The Morgan fingerprint density at radius 2 is 1.88 bits per heavy atom. The number of nitrogens with zero attached hydrogens (tertiary/aromatic N) is 2. The Morgan fingerprint density at radius 1 is 1.18 bits per heavy atom. The van der Waals surface area contributed by atoms with Gasteiger partial charge in [0.25, 0.3) is 5.91 Å². The topological polar surface area (TPSA) is 97.4 Å². The Labute approximate surface area is 227 Å². The first-order chi connectivity index (χ1) is 18.7. The van der Waals surface area contributed by atoms with E-state index in [1.54, 1.807) is 24.3 Å². The highest BCUT2D eigenvalue weighted by molar-refractivity contribution is 6.07. The van der Waals surface area contributed by atoms with Gasteiger partial charge in [0.2, 0.25) is 11.8 Å². The van der Waals surface area contributed by atoms with Crippen LogP contribution in [-0.2, 0) is 21.2 Å². The average Bonchev–Trinajstić information content (AvgIpc) is 3.53. The molecule has 0 saturated carbocycles. The minimum absolute atomic E-state index is 0.00794. The lowest BCUT2D eigenvalue weighted by molar-refractivity contribution is -0.138. The van der Waals surface area contributed by atoms with Gasteiger partial charge in [0, 0.05) is 29.6 Å². The maximum Gasteiger partial charge on any atom is 0.416 e. The zero-order chi connectivity index (χ0) is 29.2. The van der Waals surface area contributed by atoms with E-state index in [1.165, 1.54) is 23.3 Å². The quantitative estimate of drug-likeness (QED) is 0.358. The molecule has 1 aromatic heterocycles. The summed E-state index contributed by atoms with van der Waals surface area (Å²) in [7, 11) is 0. The molecule has 2 aliphatic rings. The van der Waals surface area contributed by atoms with Gasteiger partial charge in [0.1, 0.15) is 17.4 Å². The van der Waals surface area contributed by atoms with Crippen molar-refractivity contribution in [1.29, 1.82) is 0 Å². The summed E-state index contributed by atoms with van der Waals surface area (Å²) < 4.78 is 56.6. The molecule has 3 amide bonds. The van der Waals surface area contributed by atoms with Crippen LogP contribution >= 0.6 is 0 Å². The first-order valence-corrected chi connectivity index (χ1v) is 12.5. The highest BCUT2D eigenvalue weighted by atomic mass is 19.4. The van der Waals surface area contributed by atoms with Crippen molar-refractivity contribution in [3.63, 3.8) is 0 Å². The highest BCUT2D eigenvalue weighted by Gasteiger charge is 2.56. The number of amides is 3. The van der Waals surface area contributed by atoms with Crippen LogP contribution in [0.4, 0.5) is 23.2 Å². The van der Waals surface area contributed by atoms with Gasteiger partial charge in [-0.25, -0.2) is 4.39 Å². The number of rotatable bonds is 5. The Balaban J connectivity index is 1.64. The zero-order valence-corrected chi connectivity index (χ0v) is 21.7. The monoisotopic (exact) mass is 554 g/mol. The van der Waals surface area contributed by atoms with E-state index in [4.69, 9.17) is 12.2 Å². The fourth-order valence-corrected chi connectivity index (χ4v) is 5.90. The molecule has 208 valence electrons. The number of carbonyl (C=O) groups is 3. The minimum atomic E-state index is -4.65. The second-order valence-electron chi connectivity index (χ2n) is 10.9. The number of benzene rings is 2. The van der Waals surface area contributed by atoms with Gasteiger partial charge in [-0.15, -0.1) is 6.42 Å². The number of terminal acetylenes is 1. The van der Waals surface area contributed by atoms with Crippen LogP contribution in [0.2, 0.25) is 0 Å². The second kappa shape index (κ2) is 9.11. The SMILES string of the molecule is C#C[C@@H]1C[C@@]2(CN1C(=O)[C@H](CC(C)(C)F)n1c(C(N)=O)cc3cc(C(F)(F)F)ccc31)C(=O)Nc1ccccc12. The van der Waals surface area contributed by atoms with Crippen LogP contribution in [0.5, 0.6) is 0 Å². The maximum absolute atomic E-state index is 15.2. The Kier molecular flexibility index (Phi) is 6.21. The zero-order valence-electron chi connectivity index (χ0n) is 21.7. The number of nitrogens with two attached hydrogens (primary N) is 1. The number of carbonyl (C=O) groups excluding carboxylic acids is 3. The summed E-state index contributed by atoms with van der Waals surface area (Å²) in [5, 5.41) is 2.84. The lowest BCUT2D eigenvalue weighted by Gasteiger charge is -2.31. The van der Waals surface area contributed by atoms with Crippen LogP contribution < -0.4 is 11.1 Å². The Morgan fingerprint density at radius 3 is 2.50 bits per heavy atom. The third kappa shape index (κ3) is 4.37. The van der Waals surface area contributed by atoms with Crippen molar-refractivity contribution in [2.45, 2.75) is 56.0 Å². The van der Waals surface area contributed by atoms with Gasteiger partial charge in [0.15, 0.2) is 0 Å². The van der Waals surface area contributed by atoms with Gasteiger partial charge in [-0.05, 0) is 56.2 Å². The number of para-hydroxylation sites is 1. The van der Waals surface area contributed by atoms with Gasteiger partial charge in [-0.3, -0.25) is 14.4 Å². The van der Waals surface area contributed by atoms with Gasteiger partial charge >= 0.3 is 6.18 Å². The normalized spacial score (nSPS) is 21.4. The first-order valence-electron chi connectivity index (χ1n) is 12.5. The predicted molar refractivity (Wildman–Crippen MR) is 140 cm³/mol. The van der Waals surface area contributed by atoms with Crippen LogP contribution in [-0.4, -0.2) is 45.4 Å². The van der Waals surface area contributed by atoms with Crippen molar-refractivity contribution in [2.24, 2.45) is 5.73 Å². The summed E-state index contributed by atoms with van der Waals surface area (Å²) in [5.41, 5.74) is 2.68. The summed E-state index contributed by atoms with van der Waals surface area (Å²) in [4.78, 5) is 41.3. The van der Waals surface area contributed by atoms with Crippen LogP contribution in [0.3, 0.4) is 0 Å². The Bertz CT molecular complexity index is 1600. The molecule has 5 rings (SSSR count). The average molecular weight is 555 g/mol. The predicted octanol–water partition coefficient (Wildman–Crippen LogP) is 4.56. The van der Waals surface area contributed by atoms with Crippen molar-refractivity contribution >= 4 is 34.3 Å². The fourth-order valence-electron chi connectivity index (χ4n) is 5.90. The molecule has 0 aliphatic carbocycles. The van der Waals surface area contributed by atoms with Gasteiger partial charge < -0.3 is 20.5 Å². The van der Waals surface area contributed by atoms with E-state index < -0.39 is 53.1 Å². The molecule has 2 aliphatic heterocycles. The molecule has 3 heterocycles. The summed E-state index contributed by atoms with van der Waals surface area (Å²) in [5.74, 6) is 0.558. The number of nitrogens with one attached hydrogen (secondary N) is 1. The summed E-state index contributed by atoms with van der Waals surface area (Å²) in [6.07, 6.45) is 0.837. The standard InChI is InChI=1S/C29H26F4N4O3/c1-4-18-13-28(19-7-5-6-8-20(19)35-26(28)40)15-36(18)25(39)23(14-27(2,3)30)37-21-10-9-17(29(31,32)33)11-16(21)12-22(37)24(34)38/h1,5-12,18,23H,13-15H2,2-3H3,(H2,34,38)(H,35,40)/t18-,23+,28+/m1/s1. The number of likely N-dealkylation sites (tertiary alicyclic amines) is 1. The summed E-state index contributed by atoms with van der Waals surface area (Å²) in [6.45, 7) is 2.39. The number of aromatic nitrogens is 1. The van der Waals surface area contributed by atoms with Crippen molar-refractivity contribution in [2.75, 3.05) is 11.9 Å². The smallest absolute Gasteiger partial charge is 0.364 e. The van der Waals surface area contributed by atoms with Gasteiger partial charge in [0.05, 0.1) is 17.0 Å². The molecule has 3 aromatic rings. The van der Waals surface area contributed by atoms with E-state index in [9.17, 15) is 27.6 Å². The second-order valence-corrected chi connectivity index (χ2v) is 10.9. The molecule has 0 unspecified atom stereocenters. The van der Waals surface area contributed by atoms with E-state index in [2.05, 4.69) is 11.2 Å². The van der Waals surface area contributed by atoms with E-state index in [-0.39, 0.29) is 35.5 Å². The number of fused-ring (bicyclic) bond motifs is 3. The lowest BCUT2D eigenvalue weighted by Crippen LogP contribution is -2.44. The summed E-state index contributed by atoms with van der Waals surface area (Å²) >= 11 is 0. The highest BCUT2D eigenvalue weighted by Crippen LogP contribution is 2.47.